The van der Waals surface area contributed by atoms with Gasteiger partial charge in [0.15, 0.2) is 23.0 Å². The van der Waals surface area contributed by atoms with Crippen molar-refractivity contribution >= 4 is 16.6 Å². The van der Waals surface area contributed by atoms with Crippen LogP contribution in [0.4, 0.5) is 0 Å². The molecule has 1 aliphatic rings. The lowest BCUT2D eigenvalue weighted by Gasteiger charge is -2.25. The van der Waals surface area contributed by atoms with E-state index in [1.807, 2.05) is 45.9 Å². The standard InChI is InChI=1S/C24H25NO5/c1-12(2)29-18-11-16-15(10-17(18)27-5)21-20-14(7-8-25-22(20)23(16)26)9-19(24(21)28-6)30-13(3)4/h7-13H,1-6H3. The molecule has 6 heteroatoms. The van der Waals surface area contributed by atoms with E-state index < -0.39 is 0 Å². The third-order valence-corrected chi connectivity index (χ3v) is 4.93. The Morgan fingerprint density at radius 1 is 0.833 bits per heavy atom. The summed E-state index contributed by atoms with van der Waals surface area (Å²) in [6.07, 6.45) is 1.54. The van der Waals surface area contributed by atoms with Crippen LogP contribution in [0.15, 0.2) is 30.5 Å². The van der Waals surface area contributed by atoms with Crippen LogP contribution >= 0.6 is 0 Å². The first kappa shape index (κ1) is 20.0. The van der Waals surface area contributed by atoms with Gasteiger partial charge in [-0.2, -0.15) is 0 Å². The molecule has 0 aliphatic heterocycles. The van der Waals surface area contributed by atoms with Crippen LogP contribution in [0.5, 0.6) is 23.0 Å². The summed E-state index contributed by atoms with van der Waals surface area (Å²) < 4.78 is 23.3. The molecule has 0 atom stereocenters. The number of ketones is 1. The van der Waals surface area contributed by atoms with E-state index >= 15 is 0 Å². The smallest absolute Gasteiger partial charge is 0.212 e. The molecule has 0 saturated carbocycles. The number of ether oxygens (including phenoxy) is 4. The van der Waals surface area contributed by atoms with Crippen molar-refractivity contribution < 1.29 is 23.7 Å². The maximum absolute atomic E-state index is 13.4. The summed E-state index contributed by atoms with van der Waals surface area (Å²) in [7, 11) is 3.19. The number of carbonyl (C=O) groups excluding carboxylic acids is 1. The number of hydrogen-bond donors (Lipinski definition) is 0. The Morgan fingerprint density at radius 2 is 1.50 bits per heavy atom. The molecule has 1 heterocycles. The van der Waals surface area contributed by atoms with Crippen LogP contribution in [0, 0.1) is 0 Å². The molecule has 30 heavy (non-hydrogen) atoms. The Labute approximate surface area is 175 Å². The minimum atomic E-state index is -0.154. The molecule has 156 valence electrons. The molecule has 6 nitrogen and oxygen atoms in total. The second-order valence-electron chi connectivity index (χ2n) is 7.75. The van der Waals surface area contributed by atoms with Crippen LogP contribution in [0.1, 0.15) is 43.7 Å². The van der Waals surface area contributed by atoms with Crippen molar-refractivity contribution in [3.8, 4) is 34.1 Å². The lowest BCUT2D eigenvalue weighted by Crippen LogP contribution is -2.15. The number of nitrogens with zero attached hydrogens (tertiary/aromatic N) is 1. The zero-order valence-corrected chi connectivity index (χ0v) is 18.0. The van der Waals surface area contributed by atoms with Gasteiger partial charge >= 0.3 is 0 Å². The van der Waals surface area contributed by atoms with Crippen molar-refractivity contribution in [2.75, 3.05) is 14.2 Å². The van der Waals surface area contributed by atoms with Crippen molar-refractivity contribution in [3.63, 3.8) is 0 Å². The van der Waals surface area contributed by atoms with Crippen LogP contribution in [-0.2, 0) is 0 Å². The average molecular weight is 407 g/mol. The Kier molecular flexibility index (Phi) is 5.02. The highest BCUT2D eigenvalue weighted by Crippen LogP contribution is 2.51. The van der Waals surface area contributed by atoms with E-state index in [0.717, 1.165) is 16.3 Å². The highest BCUT2D eigenvalue weighted by atomic mass is 16.5. The van der Waals surface area contributed by atoms with Gasteiger partial charge in [0.05, 0.1) is 26.4 Å². The molecular weight excluding hydrogens is 382 g/mol. The van der Waals surface area contributed by atoms with Crippen LogP contribution in [0.2, 0.25) is 0 Å². The fraction of sp³-hybridized carbons (Fsp3) is 0.333. The SMILES string of the molecule is COc1cc2c(cc1OC(C)C)C(=O)c1nccc3cc(OC(C)C)c(OC)c-2c13. The van der Waals surface area contributed by atoms with E-state index in [1.54, 1.807) is 26.5 Å². The maximum atomic E-state index is 13.4. The average Bonchev–Trinajstić information content (AvgIpc) is 2.70. The normalized spacial score (nSPS) is 12.3. The fourth-order valence-electron chi connectivity index (χ4n) is 3.86. The minimum Gasteiger partial charge on any atom is -0.493 e. The topological polar surface area (TPSA) is 66.9 Å². The van der Waals surface area contributed by atoms with Crippen LogP contribution < -0.4 is 18.9 Å². The lowest BCUT2D eigenvalue weighted by atomic mass is 9.84. The first-order valence-electron chi connectivity index (χ1n) is 9.95. The summed E-state index contributed by atoms with van der Waals surface area (Å²) in [6, 6.07) is 7.34. The highest BCUT2D eigenvalue weighted by molar-refractivity contribution is 6.26. The molecule has 0 spiro atoms. The molecule has 0 saturated heterocycles. The molecule has 0 fully saturated rings. The maximum Gasteiger partial charge on any atom is 0.212 e. The Bertz CT molecular complexity index is 1150. The first-order chi connectivity index (χ1) is 14.3. The molecule has 2 aromatic carbocycles. The number of methoxy groups -OCH3 is 2. The largest absolute Gasteiger partial charge is 0.493 e. The molecule has 1 aromatic heterocycles. The highest BCUT2D eigenvalue weighted by Gasteiger charge is 2.32. The summed E-state index contributed by atoms with van der Waals surface area (Å²) in [5, 5.41) is 1.62. The number of pyridine rings is 1. The first-order valence-corrected chi connectivity index (χ1v) is 9.95. The Morgan fingerprint density at radius 3 is 2.13 bits per heavy atom. The molecular formula is C24H25NO5. The van der Waals surface area contributed by atoms with Gasteiger partial charge in [-0.3, -0.25) is 9.78 Å². The number of hydrogen-bond acceptors (Lipinski definition) is 6. The van der Waals surface area contributed by atoms with Gasteiger partial charge in [0.1, 0.15) is 5.69 Å². The lowest BCUT2D eigenvalue weighted by molar-refractivity contribution is 0.103. The molecule has 0 N–H and O–H groups in total. The second kappa shape index (κ2) is 7.52. The predicted molar refractivity (Wildman–Crippen MR) is 115 cm³/mol. The van der Waals surface area contributed by atoms with Gasteiger partial charge in [-0.1, -0.05) is 0 Å². The molecule has 1 aliphatic carbocycles. The quantitative estimate of drug-likeness (QED) is 0.446. The van der Waals surface area contributed by atoms with Crippen molar-refractivity contribution in [1.82, 2.24) is 4.98 Å². The molecule has 0 radical (unpaired) electrons. The van der Waals surface area contributed by atoms with Crippen molar-refractivity contribution in [2.45, 2.75) is 39.9 Å². The van der Waals surface area contributed by atoms with Gasteiger partial charge in [0.2, 0.25) is 5.78 Å². The number of carbonyl (C=O) groups is 1. The number of aromatic nitrogens is 1. The van der Waals surface area contributed by atoms with E-state index in [-0.39, 0.29) is 18.0 Å². The van der Waals surface area contributed by atoms with E-state index in [4.69, 9.17) is 18.9 Å². The number of rotatable bonds is 6. The zero-order chi connectivity index (χ0) is 21.6. The van der Waals surface area contributed by atoms with Crippen LogP contribution in [-0.4, -0.2) is 37.2 Å². The van der Waals surface area contributed by atoms with E-state index in [1.165, 1.54) is 0 Å². The van der Waals surface area contributed by atoms with Crippen molar-refractivity contribution in [2.24, 2.45) is 0 Å². The summed E-state index contributed by atoms with van der Waals surface area (Å²) in [4.78, 5) is 17.8. The summed E-state index contributed by atoms with van der Waals surface area (Å²) in [5.41, 5.74) is 2.38. The minimum absolute atomic E-state index is 0.0362. The molecule has 3 aromatic rings. The van der Waals surface area contributed by atoms with Crippen molar-refractivity contribution in [3.05, 3.63) is 41.7 Å². The van der Waals surface area contributed by atoms with Crippen molar-refractivity contribution in [1.29, 1.82) is 0 Å². The van der Waals surface area contributed by atoms with Gasteiger partial charge in [-0.05, 0) is 57.3 Å². The summed E-state index contributed by atoms with van der Waals surface area (Å²) >= 11 is 0. The van der Waals surface area contributed by atoms with Gasteiger partial charge in [0, 0.05) is 28.3 Å². The predicted octanol–water partition coefficient (Wildman–Crippen LogP) is 5.04. The van der Waals surface area contributed by atoms with E-state index in [2.05, 4.69) is 4.98 Å². The summed E-state index contributed by atoms with van der Waals surface area (Å²) in [5.74, 6) is 2.10. The monoisotopic (exact) mass is 407 g/mol. The van der Waals surface area contributed by atoms with Gasteiger partial charge in [-0.25, -0.2) is 0 Å². The molecule has 0 bridgehead atoms. The second-order valence-corrected chi connectivity index (χ2v) is 7.75. The zero-order valence-electron chi connectivity index (χ0n) is 18.0. The molecule has 4 rings (SSSR count). The van der Waals surface area contributed by atoms with Gasteiger partial charge in [0.25, 0.3) is 0 Å². The Balaban J connectivity index is 2.10. The van der Waals surface area contributed by atoms with Crippen LogP contribution in [0.25, 0.3) is 21.9 Å². The number of fused-ring (bicyclic) bond motifs is 2. The molecule has 0 amide bonds. The Hall–Kier alpha value is -3.28. The number of benzene rings is 2. The van der Waals surface area contributed by atoms with E-state index in [9.17, 15) is 4.79 Å². The van der Waals surface area contributed by atoms with Gasteiger partial charge < -0.3 is 18.9 Å². The summed E-state index contributed by atoms with van der Waals surface area (Å²) in [6.45, 7) is 7.78. The third kappa shape index (κ3) is 3.12. The van der Waals surface area contributed by atoms with Gasteiger partial charge in [-0.15, -0.1) is 0 Å². The van der Waals surface area contributed by atoms with E-state index in [0.29, 0.717) is 39.8 Å². The van der Waals surface area contributed by atoms with Crippen LogP contribution in [0.3, 0.4) is 0 Å². The molecule has 0 unspecified atom stereocenters. The fourth-order valence-corrected chi connectivity index (χ4v) is 3.86. The third-order valence-electron chi connectivity index (χ3n) is 4.93.